The second-order valence-electron chi connectivity index (χ2n) is 7.94. The number of phosphoric ester groups is 1. The second kappa shape index (κ2) is 15.4. The zero-order valence-electron chi connectivity index (χ0n) is 19.0. The van der Waals surface area contributed by atoms with Gasteiger partial charge in [-0.2, -0.15) is 4.89 Å². The lowest BCUT2D eigenvalue weighted by molar-refractivity contribution is -0.256. The highest BCUT2D eigenvalue weighted by Gasteiger charge is 2.15. The summed E-state index contributed by atoms with van der Waals surface area (Å²) in [5, 5.41) is 2.04. The molecule has 0 amide bonds. The second-order valence-corrected chi connectivity index (χ2v) is 9.18. The molecule has 32 heavy (non-hydrogen) atoms. The summed E-state index contributed by atoms with van der Waals surface area (Å²) < 4.78 is 20.7. The highest BCUT2D eigenvalue weighted by Crippen LogP contribution is 2.35. The third-order valence-electron chi connectivity index (χ3n) is 5.19. The molecule has 0 saturated carbocycles. The van der Waals surface area contributed by atoms with Crippen molar-refractivity contribution < 1.29 is 33.4 Å². The fourth-order valence-corrected chi connectivity index (χ4v) is 3.80. The minimum atomic E-state index is -4.48. The van der Waals surface area contributed by atoms with Gasteiger partial charge >= 0.3 is 7.82 Å². The van der Waals surface area contributed by atoms with Crippen LogP contribution in [0.4, 0.5) is 0 Å². The van der Waals surface area contributed by atoms with Crippen molar-refractivity contribution in [3.63, 3.8) is 0 Å². The van der Waals surface area contributed by atoms with Gasteiger partial charge < -0.3 is 19.4 Å². The van der Waals surface area contributed by atoms with Crippen LogP contribution in [0.25, 0.3) is 10.8 Å². The molecule has 2 rings (SSSR count). The van der Waals surface area contributed by atoms with Crippen LogP contribution in [0.15, 0.2) is 42.5 Å². The number of ether oxygens (including phenoxy) is 1. The van der Waals surface area contributed by atoms with Gasteiger partial charge in [-0.3, -0.25) is 4.52 Å². The lowest BCUT2D eigenvalue weighted by atomic mass is 10.1. The predicted octanol–water partition coefficient (Wildman–Crippen LogP) is 6.18. The van der Waals surface area contributed by atoms with Crippen molar-refractivity contribution in [3.05, 3.63) is 42.5 Å². The first-order chi connectivity index (χ1) is 15.5. The smallest absolute Gasteiger partial charge is 0.376 e. The third-order valence-corrected chi connectivity index (χ3v) is 5.71. The molecule has 180 valence electrons. The zero-order chi connectivity index (χ0) is 23.1. The van der Waals surface area contributed by atoms with Gasteiger partial charge in [0.05, 0.1) is 19.8 Å². The number of unbranched alkanes of at least 4 members (excludes halogenated alkanes) is 7. The summed E-state index contributed by atoms with van der Waals surface area (Å²) >= 11 is 0. The average molecular weight is 469 g/mol. The van der Waals surface area contributed by atoms with Crippen molar-refractivity contribution in [2.45, 2.75) is 70.8 Å². The van der Waals surface area contributed by atoms with Crippen LogP contribution in [0.1, 0.15) is 64.7 Å². The molecular formula is C24H37O7P. The SMILES string of the molecule is CCCCCCCCCCC(COCCOP(=O)(O)O)OOc1cccc2ccccc12. The normalized spacial score (nSPS) is 12.8. The Morgan fingerprint density at radius 3 is 2.31 bits per heavy atom. The van der Waals surface area contributed by atoms with Crippen LogP contribution in [-0.2, 0) is 18.7 Å². The molecule has 1 unspecified atom stereocenters. The zero-order valence-corrected chi connectivity index (χ0v) is 19.9. The van der Waals surface area contributed by atoms with Crippen molar-refractivity contribution >= 4 is 18.6 Å². The van der Waals surface area contributed by atoms with Gasteiger partial charge in [0.2, 0.25) is 0 Å². The monoisotopic (exact) mass is 468 g/mol. The molecule has 0 aromatic heterocycles. The van der Waals surface area contributed by atoms with E-state index >= 15 is 0 Å². The molecule has 2 aromatic carbocycles. The van der Waals surface area contributed by atoms with Crippen molar-refractivity contribution in [1.82, 2.24) is 0 Å². The maximum Gasteiger partial charge on any atom is 0.469 e. The maximum absolute atomic E-state index is 10.8. The number of hydrogen-bond acceptors (Lipinski definition) is 5. The van der Waals surface area contributed by atoms with E-state index in [0.29, 0.717) is 5.75 Å². The van der Waals surface area contributed by atoms with E-state index in [4.69, 9.17) is 24.3 Å². The quantitative estimate of drug-likeness (QED) is 0.117. The van der Waals surface area contributed by atoms with E-state index in [9.17, 15) is 4.57 Å². The maximum atomic E-state index is 10.8. The minimum absolute atomic E-state index is 0.0661. The van der Waals surface area contributed by atoms with Crippen LogP contribution in [0.2, 0.25) is 0 Å². The predicted molar refractivity (Wildman–Crippen MR) is 125 cm³/mol. The molecule has 2 aromatic rings. The molecule has 0 bridgehead atoms. The molecule has 0 fully saturated rings. The molecule has 0 saturated heterocycles. The largest absolute Gasteiger partial charge is 0.469 e. The third kappa shape index (κ3) is 11.4. The summed E-state index contributed by atoms with van der Waals surface area (Å²) in [6, 6.07) is 13.7. The van der Waals surface area contributed by atoms with Crippen LogP contribution < -0.4 is 4.89 Å². The van der Waals surface area contributed by atoms with Gasteiger partial charge in [-0.15, -0.1) is 0 Å². The van der Waals surface area contributed by atoms with E-state index in [1.165, 1.54) is 38.5 Å². The summed E-state index contributed by atoms with van der Waals surface area (Å²) in [4.78, 5) is 28.9. The summed E-state index contributed by atoms with van der Waals surface area (Å²) in [6.07, 6.45) is 10.3. The summed E-state index contributed by atoms with van der Waals surface area (Å²) in [5.41, 5.74) is 0. The molecule has 0 aliphatic carbocycles. The summed E-state index contributed by atoms with van der Waals surface area (Å²) in [6.45, 7) is 2.36. The number of benzene rings is 2. The Labute approximate surface area is 191 Å². The van der Waals surface area contributed by atoms with E-state index < -0.39 is 7.82 Å². The van der Waals surface area contributed by atoms with Gasteiger partial charge in [-0.25, -0.2) is 4.57 Å². The Bertz CT molecular complexity index is 803. The Morgan fingerprint density at radius 1 is 0.875 bits per heavy atom. The van der Waals surface area contributed by atoms with Crippen LogP contribution >= 0.6 is 7.82 Å². The average Bonchev–Trinajstić information content (AvgIpc) is 2.77. The van der Waals surface area contributed by atoms with Crippen LogP contribution in [0.3, 0.4) is 0 Å². The van der Waals surface area contributed by atoms with Crippen LogP contribution in [-0.4, -0.2) is 35.7 Å². The van der Waals surface area contributed by atoms with Crippen molar-refractivity contribution in [2.75, 3.05) is 19.8 Å². The van der Waals surface area contributed by atoms with Gasteiger partial charge in [0.1, 0.15) is 6.10 Å². The fourth-order valence-electron chi connectivity index (χ4n) is 3.48. The topological polar surface area (TPSA) is 94.5 Å². The van der Waals surface area contributed by atoms with Gasteiger partial charge in [-0.1, -0.05) is 94.7 Å². The summed E-state index contributed by atoms with van der Waals surface area (Å²) in [5.74, 6) is 0.647. The van der Waals surface area contributed by atoms with Crippen molar-refractivity contribution in [2.24, 2.45) is 0 Å². The van der Waals surface area contributed by atoms with E-state index in [1.54, 1.807) is 0 Å². The molecule has 7 nitrogen and oxygen atoms in total. The Kier molecular flexibility index (Phi) is 12.9. The first kappa shape index (κ1) is 26.8. The standard InChI is InChI=1S/C24H37O7P/c1-2-3-4-5-6-7-8-9-15-22(20-28-18-19-29-32(25,26)27)30-31-24-17-12-14-21-13-10-11-16-23(21)24/h10-14,16-17,22H,2-9,15,18-20H2,1H3,(H2,25,26,27). The Hall–Kier alpha value is -1.47. The van der Waals surface area contributed by atoms with E-state index in [2.05, 4.69) is 11.4 Å². The van der Waals surface area contributed by atoms with Gasteiger partial charge in [0.15, 0.2) is 5.75 Å². The molecule has 0 radical (unpaired) electrons. The van der Waals surface area contributed by atoms with Gasteiger partial charge in [0.25, 0.3) is 0 Å². The Balaban J connectivity index is 1.79. The first-order valence-corrected chi connectivity index (χ1v) is 13.1. The highest BCUT2D eigenvalue weighted by molar-refractivity contribution is 7.46. The van der Waals surface area contributed by atoms with Crippen LogP contribution in [0.5, 0.6) is 5.75 Å². The lowest BCUT2D eigenvalue weighted by Gasteiger charge is -2.18. The number of fused-ring (bicyclic) bond motifs is 1. The number of rotatable bonds is 18. The number of hydrogen-bond donors (Lipinski definition) is 2. The summed E-state index contributed by atoms with van der Waals surface area (Å²) in [7, 11) is -4.48. The van der Waals surface area contributed by atoms with Crippen molar-refractivity contribution in [1.29, 1.82) is 0 Å². The van der Waals surface area contributed by atoms with Gasteiger partial charge in [-0.05, 0) is 17.9 Å². The van der Waals surface area contributed by atoms with Crippen molar-refractivity contribution in [3.8, 4) is 5.75 Å². The van der Waals surface area contributed by atoms with Crippen LogP contribution in [0, 0.1) is 0 Å². The van der Waals surface area contributed by atoms with E-state index in [1.807, 2.05) is 42.5 Å². The minimum Gasteiger partial charge on any atom is -0.376 e. The Morgan fingerprint density at radius 2 is 1.56 bits per heavy atom. The molecule has 0 aliphatic rings. The molecule has 0 aliphatic heterocycles. The molecule has 0 heterocycles. The lowest BCUT2D eigenvalue weighted by Crippen LogP contribution is -2.23. The molecular weight excluding hydrogens is 431 g/mol. The highest BCUT2D eigenvalue weighted by atomic mass is 31.2. The molecule has 1 atom stereocenters. The molecule has 8 heteroatoms. The van der Waals surface area contributed by atoms with E-state index in [-0.39, 0.29) is 25.9 Å². The number of phosphoric acid groups is 1. The fraction of sp³-hybridized carbons (Fsp3) is 0.583. The molecule has 0 spiro atoms. The molecule has 2 N–H and O–H groups in total. The van der Waals surface area contributed by atoms with Gasteiger partial charge in [0, 0.05) is 5.39 Å². The first-order valence-electron chi connectivity index (χ1n) is 11.6. The van der Waals surface area contributed by atoms with E-state index in [0.717, 1.165) is 30.0 Å².